The topological polar surface area (TPSA) is 55.6 Å². The molecular formula is C22H34N2O2. The molecule has 1 amide bonds. The fourth-order valence-corrected chi connectivity index (χ4v) is 3.92. The number of hydrogen-bond donors (Lipinski definition) is 1. The second-order valence-electron chi connectivity index (χ2n) is 8.00. The molecule has 0 atom stereocenters. The summed E-state index contributed by atoms with van der Waals surface area (Å²) in [5.41, 5.74) is 7.02. The van der Waals surface area contributed by atoms with Gasteiger partial charge in [0, 0.05) is 18.1 Å². The number of rotatable bonds is 10. The van der Waals surface area contributed by atoms with E-state index in [9.17, 15) is 4.79 Å². The first kappa shape index (κ1) is 19.2. The third-order valence-corrected chi connectivity index (χ3v) is 5.84. The zero-order valence-corrected chi connectivity index (χ0v) is 16.2. The van der Waals surface area contributed by atoms with Gasteiger partial charge in [0.05, 0.1) is 13.0 Å². The minimum Gasteiger partial charge on any atom is -0.494 e. The van der Waals surface area contributed by atoms with Gasteiger partial charge in [-0.25, -0.2) is 0 Å². The molecule has 0 saturated heterocycles. The molecule has 2 aliphatic rings. The third-order valence-electron chi connectivity index (χ3n) is 5.84. The van der Waals surface area contributed by atoms with E-state index in [0.717, 1.165) is 50.0 Å². The summed E-state index contributed by atoms with van der Waals surface area (Å²) in [5, 5.41) is 0. The Morgan fingerprint density at radius 2 is 1.85 bits per heavy atom. The van der Waals surface area contributed by atoms with Crippen molar-refractivity contribution in [2.24, 2.45) is 5.73 Å². The van der Waals surface area contributed by atoms with Gasteiger partial charge in [0.1, 0.15) is 5.75 Å². The predicted octanol–water partition coefficient (Wildman–Crippen LogP) is 4.06. The van der Waals surface area contributed by atoms with E-state index in [1.807, 2.05) is 24.3 Å². The number of carbonyl (C=O) groups is 1. The van der Waals surface area contributed by atoms with Crippen LogP contribution in [0.25, 0.3) is 0 Å². The van der Waals surface area contributed by atoms with Crippen molar-refractivity contribution >= 4 is 5.91 Å². The van der Waals surface area contributed by atoms with Crippen LogP contribution in [0.15, 0.2) is 24.3 Å². The Morgan fingerprint density at radius 3 is 2.42 bits per heavy atom. The summed E-state index contributed by atoms with van der Waals surface area (Å²) in [6, 6.07) is 9.16. The number of ether oxygens (including phenoxy) is 1. The molecule has 0 aliphatic heterocycles. The fourth-order valence-electron chi connectivity index (χ4n) is 3.92. The summed E-state index contributed by atoms with van der Waals surface area (Å²) in [7, 11) is 0. The van der Waals surface area contributed by atoms with Crippen molar-refractivity contribution in [1.82, 2.24) is 4.90 Å². The minimum atomic E-state index is 0.264. The first-order valence-corrected chi connectivity index (χ1v) is 10.5. The van der Waals surface area contributed by atoms with Gasteiger partial charge in [0.15, 0.2) is 0 Å². The maximum atomic E-state index is 12.9. The lowest BCUT2D eigenvalue weighted by Gasteiger charge is -2.48. The molecule has 2 saturated carbocycles. The summed E-state index contributed by atoms with van der Waals surface area (Å²) in [4.78, 5) is 15.1. The molecule has 0 heterocycles. The Morgan fingerprint density at radius 1 is 1.12 bits per heavy atom. The van der Waals surface area contributed by atoms with Crippen LogP contribution < -0.4 is 10.5 Å². The normalized spacial score (nSPS) is 22.4. The lowest BCUT2D eigenvalue weighted by molar-refractivity contribution is -0.140. The Bertz CT molecular complexity index is 562. The number of nitrogens with two attached hydrogens (primary N) is 1. The summed E-state index contributed by atoms with van der Waals surface area (Å²) in [5.74, 6) is 1.17. The quantitative estimate of drug-likeness (QED) is 0.642. The second-order valence-corrected chi connectivity index (χ2v) is 8.00. The van der Waals surface area contributed by atoms with Crippen molar-refractivity contribution in [3.63, 3.8) is 0 Å². The van der Waals surface area contributed by atoms with E-state index >= 15 is 0 Å². The first-order valence-electron chi connectivity index (χ1n) is 10.5. The van der Waals surface area contributed by atoms with Crippen molar-refractivity contribution in [2.45, 2.75) is 89.3 Å². The van der Waals surface area contributed by atoms with E-state index in [0.29, 0.717) is 18.5 Å². The van der Waals surface area contributed by atoms with E-state index in [2.05, 4.69) is 11.8 Å². The van der Waals surface area contributed by atoms with E-state index in [1.165, 1.54) is 25.7 Å². The van der Waals surface area contributed by atoms with Crippen LogP contribution in [0.3, 0.4) is 0 Å². The smallest absolute Gasteiger partial charge is 0.227 e. The van der Waals surface area contributed by atoms with Crippen LogP contribution in [0.1, 0.15) is 70.3 Å². The van der Waals surface area contributed by atoms with Crippen LogP contribution >= 0.6 is 0 Å². The van der Waals surface area contributed by atoms with Gasteiger partial charge in [-0.1, -0.05) is 38.3 Å². The molecule has 4 heteroatoms. The van der Waals surface area contributed by atoms with Crippen molar-refractivity contribution < 1.29 is 9.53 Å². The maximum Gasteiger partial charge on any atom is 0.227 e. The largest absolute Gasteiger partial charge is 0.494 e. The number of unbranched alkanes of at least 4 members (excludes halogenated alkanes) is 3. The highest BCUT2D eigenvalue weighted by atomic mass is 16.5. The average Bonchev–Trinajstić information content (AvgIpc) is 2.56. The monoisotopic (exact) mass is 358 g/mol. The number of amides is 1. The number of hydrogen-bond acceptors (Lipinski definition) is 3. The molecule has 3 rings (SSSR count). The summed E-state index contributed by atoms with van der Waals surface area (Å²) in [6.45, 7) is 2.99. The van der Waals surface area contributed by atoms with Crippen molar-refractivity contribution in [2.75, 3.05) is 6.61 Å². The first-order chi connectivity index (χ1) is 12.7. The van der Waals surface area contributed by atoms with Gasteiger partial charge in [-0.05, 0) is 56.2 Å². The highest BCUT2D eigenvalue weighted by Gasteiger charge is 2.39. The van der Waals surface area contributed by atoms with E-state index in [4.69, 9.17) is 10.5 Å². The van der Waals surface area contributed by atoms with Crippen LogP contribution in [-0.4, -0.2) is 35.5 Å². The highest BCUT2D eigenvalue weighted by Crippen LogP contribution is 2.34. The SMILES string of the molecule is CCCCCCOc1ccc(CC(=O)N(C2CCC2)[C@H]2C[C@H](N)C2)cc1. The zero-order valence-electron chi connectivity index (χ0n) is 16.2. The van der Waals surface area contributed by atoms with Crippen molar-refractivity contribution in [1.29, 1.82) is 0 Å². The molecule has 4 nitrogen and oxygen atoms in total. The molecule has 0 aromatic heterocycles. The second kappa shape index (κ2) is 9.40. The van der Waals surface area contributed by atoms with Crippen LogP contribution in [-0.2, 0) is 11.2 Å². The van der Waals surface area contributed by atoms with E-state index in [-0.39, 0.29) is 11.9 Å². The summed E-state index contributed by atoms with van der Waals surface area (Å²) >= 11 is 0. The summed E-state index contributed by atoms with van der Waals surface area (Å²) in [6.07, 6.45) is 10.8. The maximum absolute atomic E-state index is 12.9. The minimum absolute atomic E-state index is 0.264. The van der Waals surface area contributed by atoms with Crippen LogP contribution in [0.2, 0.25) is 0 Å². The van der Waals surface area contributed by atoms with Gasteiger partial charge in [-0.3, -0.25) is 4.79 Å². The molecule has 2 fully saturated rings. The molecule has 2 aliphatic carbocycles. The van der Waals surface area contributed by atoms with Gasteiger partial charge < -0.3 is 15.4 Å². The third kappa shape index (κ3) is 5.00. The lowest BCUT2D eigenvalue weighted by atomic mass is 9.81. The highest BCUT2D eigenvalue weighted by molar-refractivity contribution is 5.79. The molecule has 2 N–H and O–H groups in total. The lowest BCUT2D eigenvalue weighted by Crippen LogP contribution is -2.58. The fraction of sp³-hybridized carbons (Fsp3) is 0.682. The molecule has 0 radical (unpaired) electrons. The van der Waals surface area contributed by atoms with Gasteiger partial charge in [0.25, 0.3) is 0 Å². The molecule has 1 aromatic carbocycles. The Labute approximate surface area is 158 Å². The van der Waals surface area contributed by atoms with Gasteiger partial charge in [0.2, 0.25) is 5.91 Å². The van der Waals surface area contributed by atoms with Gasteiger partial charge >= 0.3 is 0 Å². The Balaban J connectivity index is 1.48. The molecular weight excluding hydrogens is 324 g/mol. The standard InChI is InChI=1S/C22H34N2O2/c1-2-3-4-5-13-26-21-11-9-17(10-12-21)14-22(25)24(19-7-6-8-19)20-15-18(23)16-20/h9-12,18-20H,2-8,13-16,23H2,1H3/t18-,20-. The average molecular weight is 359 g/mol. The van der Waals surface area contributed by atoms with Crippen molar-refractivity contribution in [3.8, 4) is 5.75 Å². The molecule has 26 heavy (non-hydrogen) atoms. The van der Waals surface area contributed by atoms with E-state index in [1.54, 1.807) is 0 Å². The van der Waals surface area contributed by atoms with Crippen LogP contribution in [0.5, 0.6) is 5.75 Å². The Kier molecular flexibility index (Phi) is 6.95. The molecule has 0 spiro atoms. The van der Waals surface area contributed by atoms with E-state index < -0.39 is 0 Å². The van der Waals surface area contributed by atoms with Crippen molar-refractivity contribution in [3.05, 3.63) is 29.8 Å². The van der Waals surface area contributed by atoms with Crippen LogP contribution in [0.4, 0.5) is 0 Å². The number of benzene rings is 1. The molecule has 0 unspecified atom stereocenters. The predicted molar refractivity (Wildman–Crippen MR) is 105 cm³/mol. The summed E-state index contributed by atoms with van der Waals surface area (Å²) < 4.78 is 5.79. The number of nitrogens with zero attached hydrogens (tertiary/aromatic N) is 1. The van der Waals surface area contributed by atoms with Crippen LogP contribution in [0, 0.1) is 0 Å². The zero-order chi connectivity index (χ0) is 18.4. The Hall–Kier alpha value is -1.55. The van der Waals surface area contributed by atoms with Gasteiger partial charge in [-0.2, -0.15) is 0 Å². The molecule has 144 valence electrons. The number of carbonyl (C=O) groups excluding carboxylic acids is 1. The molecule has 0 bridgehead atoms. The molecule has 1 aromatic rings. The van der Waals surface area contributed by atoms with Gasteiger partial charge in [-0.15, -0.1) is 0 Å².